The number of para-hydroxylation sites is 1. The average Bonchev–Trinajstić information content (AvgIpc) is 3.09. The van der Waals surface area contributed by atoms with Crippen LogP contribution in [-0.4, -0.2) is 20.4 Å². The predicted molar refractivity (Wildman–Crippen MR) is 81.7 cm³/mol. The fourth-order valence-corrected chi connectivity index (χ4v) is 2.42. The lowest BCUT2D eigenvalue weighted by atomic mass is 10.1. The molecule has 0 aliphatic carbocycles. The highest BCUT2D eigenvalue weighted by atomic mass is 16.1. The van der Waals surface area contributed by atoms with E-state index in [4.69, 9.17) is 0 Å². The number of carbonyl (C=O) groups is 1. The zero-order chi connectivity index (χ0) is 14.7. The fourth-order valence-electron chi connectivity index (χ4n) is 2.42. The molecule has 0 fully saturated rings. The summed E-state index contributed by atoms with van der Waals surface area (Å²) in [7, 11) is 1.92. The lowest BCUT2D eigenvalue weighted by Gasteiger charge is -2.05. The summed E-state index contributed by atoms with van der Waals surface area (Å²) in [6.07, 6.45) is 6.79. The van der Waals surface area contributed by atoms with E-state index < -0.39 is 0 Å². The molecule has 0 radical (unpaired) electrons. The lowest BCUT2D eigenvalue weighted by molar-refractivity contribution is -0.121. The van der Waals surface area contributed by atoms with Crippen molar-refractivity contribution in [1.82, 2.24) is 19.9 Å². The molecule has 0 unspecified atom stereocenters. The van der Waals surface area contributed by atoms with E-state index in [0.717, 1.165) is 17.8 Å². The second kappa shape index (κ2) is 5.83. The van der Waals surface area contributed by atoms with Gasteiger partial charge in [-0.05, 0) is 18.1 Å². The number of aromatic amines is 1. The maximum Gasteiger partial charge on any atom is 0.220 e. The van der Waals surface area contributed by atoms with Gasteiger partial charge in [0.2, 0.25) is 5.91 Å². The Balaban J connectivity index is 1.55. The van der Waals surface area contributed by atoms with Crippen LogP contribution in [-0.2, 0) is 24.8 Å². The largest absolute Gasteiger partial charge is 0.361 e. The third-order valence-corrected chi connectivity index (χ3v) is 3.66. The van der Waals surface area contributed by atoms with E-state index in [-0.39, 0.29) is 5.91 Å². The van der Waals surface area contributed by atoms with Crippen molar-refractivity contribution in [3.8, 4) is 0 Å². The number of hydrogen-bond donors (Lipinski definition) is 2. The van der Waals surface area contributed by atoms with E-state index in [1.807, 2.05) is 42.2 Å². The van der Waals surface area contributed by atoms with Crippen molar-refractivity contribution >= 4 is 16.8 Å². The second-order valence-corrected chi connectivity index (χ2v) is 5.09. The lowest BCUT2D eigenvalue weighted by Crippen LogP contribution is -2.24. The first kappa shape index (κ1) is 13.4. The van der Waals surface area contributed by atoms with Crippen molar-refractivity contribution in [2.24, 2.45) is 7.05 Å². The zero-order valence-corrected chi connectivity index (χ0v) is 12.0. The Bertz CT molecular complexity index is 756. The van der Waals surface area contributed by atoms with Crippen LogP contribution < -0.4 is 5.32 Å². The van der Waals surface area contributed by atoms with Crippen LogP contribution in [0.2, 0.25) is 0 Å². The molecule has 0 spiro atoms. The van der Waals surface area contributed by atoms with Crippen LogP contribution in [0, 0.1) is 0 Å². The Morgan fingerprint density at radius 2 is 2.24 bits per heavy atom. The molecule has 21 heavy (non-hydrogen) atoms. The summed E-state index contributed by atoms with van der Waals surface area (Å²) in [5, 5.41) is 4.09. The van der Waals surface area contributed by atoms with Crippen LogP contribution in [0.15, 0.2) is 42.9 Å². The summed E-state index contributed by atoms with van der Waals surface area (Å²) < 4.78 is 1.90. The molecule has 2 heterocycles. The average molecular weight is 282 g/mol. The van der Waals surface area contributed by atoms with Crippen LogP contribution in [0.5, 0.6) is 0 Å². The molecule has 5 heteroatoms. The summed E-state index contributed by atoms with van der Waals surface area (Å²) in [6, 6.07) is 8.13. The number of fused-ring (bicyclic) bond motifs is 1. The van der Waals surface area contributed by atoms with E-state index in [0.29, 0.717) is 13.0 Å². The Hall–Kier alpha value is -2.56. The van der Waals surface area contributed by atoms with Crippen molar-refractivity contribution in [1.29, 1.82) is 0 Å². The first-order chi connectivity index (χ1) is 10.2. The number of imidazole rings is 1. The predicted octanol–water partition coefficient (Wildman–Crippen LogP) is 2.15. The van der Waals surface area contributed by atoms with Crippen molar-refractivity contribution in [3.63, 3.8) is 0 Å². The molecule has 0 bridgehead atoms. The highest BCUT2D eigenvalue weighted by Crippen LogP contribution is 2.18. The first-order valence-electron chi connectivity index (χ1n) is 7.02. The van der Waals surface area contributed by atoms with E-state index in [1.165, 1.54) is 10.9 Å². The highest BCUT2D eigenvalue weighted by Gasteiger charge is 2.07. The van der Waals surface area contributed by atoms with E-state index in [1.54, 1.807) is 6.20 Å². The number of rotatable bonds is 5. The number of benzene rings is 1. The summed E-state index contributed by atoms with van der Waals surface area (Å²) in [6.45, 7) is 0.468. The number of aromatic nitrogens is 3. The molecule has 3 rings (SSSR count). The van der Waals surface area contributed by atoms with E-state index in [9.17, 15) is 4.79 Å². The molecule has 0 atom stereocenters. The molecule has 2 aromatic heterocycles. The SMILES string of the molecule is Cn1ccnc1CNC(=O)CCc1c[nH]c2ccccc12. The van der Waals surface area contributed by atoms with Gasteiger partial charge in [-0.15, -0.1) is 0 Å². The van der Waals surface area contributed by atoms with Gasteiger partial charge >= 0.3 is 0 Å². The van der Waals surface area contributed by atoms with Gasteiger partial charge in [0.05, 0.1) is 6.54 Å². The zero-order valence-electron chi connectivity index (χ0n) is 12.0. The minimum Gasteiger partial charge on any atom is -0.361 e. The van der Waals surface area contributed by atoms with Gasteiger partial charge in [-0.25, -0.2) is 4.98 Å². The smallest absolute Gasteiger partial charge is 0.220 e. The summed E-state index contributed by atoms with van der Waals surface area (Å²) in [5.41, 5.74) is 2.29. The van der Waals surface area contributed by atoms with Gasteiger partial charge in [-0.1, -0.05) is 18.2 Å². The monoisotopic (exact) mass is 282 g/mol. The Morgan fingerprint density at radius 1 is 1.38 bits per heavy atom. The van der Waals surface area contributed by atoms with Crippen LogP contribution in [0.1, 0.15) is 17.8 Å². The second-order valence-electron chi connectivity index (χ2n) is 5.09. The molecule has 5 nitrogen and oxygen atoms in total. The Kier molecular flexibility index (Phi) is 3.73. The Morgan fingerprint density at radius 3 is 3.05 bits per heavy atom. The number of amides is 1. The standard InChI is InChI=1S/C16H18N4O/c1-20-9-8-17-15(20)11-19-16(21)7-6-12-10-18-14-5-3-2-4-13(12)14/h2-5,8-10,18H,6-7,11H2,1H3,(H,19,21). The third-order valence-electron chi connectivity index (χ3n) is 3.66. The van der Waals surface area contributed by atoms with Gasteiger partial charge < -0.3 is 14.9 Å². The van der Waals surface area contributed by atoms with Crippen LogP contribution in [0.3, 0.4) is 0 Å². The third kappa shape index (κ3) is 2.97. The minimum absolute atomic E-state index is 0.0447. The molecule has 0 saturated heterocycles. The number of nitrogens with one attached hydrogen (secondary N) is 2. The van der Waals surface area contributed by atoms with Crippen LogP contribution >= 0.6 is 0 Å². The maximum absolute atomic E-state index is 11.9. The van der Waals surface area contributed by atoms with Crippen molar-refractivity contribution in [2.75, 3.05) is 0 Å². The van der Waals surface area contributed by atoms with E-state index >= 15 is 0 Å². The molecule has 1 amide bonds. The summed E-state index contributed by atoms with van der Waals surface area (Å²) in [4.78, 5) is 19.3. The normalized spacial score (nSPS) is 10.9. The number of hydrogen-bond acceptors (Lipinski definition) is 2. The van der Waals surface area contributed by atoms with Crippen LogP contribution in [0.25, 0.3) is 10.9 Å². The van der Waals surface area contributed by atoms with Gasteiger partial charge in [0.1, 0.15) is 5.82 Å². The Labute approximate surface area is 123 Å². The summed E-state index contributed by atoms with van der Waals surface area (Å²) >= 11 is 0. The van der Waals surface area contributed by atoms with Gasteiger partial charge in [-0.2, -0.15) is 0 Å². The fraction of sp³-hybridized carbons (Fsp3) is 0.250. The van der Waals surface area contributed by atoms with Crippen molar-refractivity contribution < 1.29 is 4.79 Å². The van der Waals surface area contributed by atoms with Crippen molar-refractivity contribution in [2.45, 2.75) is 19.4 Å². The van der Waals surface area contributed by atoms with Gasteiger partial charge in [0.25, 0.3) is 0 Å². The number of H-pyrrole nitrogens is 1. The quantitative estimate of drug-likeness (QED) is 0.753. The molecular formula is C16H18N4O. The number of nitrogens with zero attached hydrogens (tertiary/aromatic N) is 2. The molecule has 0 aliphatic heterocycles. The molecule has 2 N–H and O–H groups in total. The van der Waals surface area contributed by atoms with Gasteiger partial charge in [0.15, 0.2) is 0 Å². The molecule has 108 valence electrons. The molecule has 3 aromatic rings. The molecule has 0 aliphatic rings. The topological polar surface area (TPSA) is 62.7 Å². The number of aryl methyl sites for hydroxylation is 2. The van der Waals surface area contributed by atoms with Gasteiger partial charge in [-0.3, -0.25) is 4.79 Å². The van der Waals surface area contributed by atoms with E-state index in [2.05, 4.69) is 21.4 Å². The minimum atomic E-state index is 0.0447. The molecular weight excluding hydrogens is 264 g/mol. The highest BCUT2D eigenvalue weighted by molar-refractivity contribution is 5.84. The first-order valence-corrected chi connectivity index (χ1v) is 7.02. The summed E-state index contributed by atoms with van der Waals surface area (Å²) in [5.74, 6) is 0.902. The van der Waals surface area contributed by atoms with Gasteiger partial charge in [0, 0.05) is 43.0 Å². The maximum atomic E-state index is 11.9. The molecule has 1 aromatic carbocycles. The number of carbonyl (C=O) groups excluding carboxylic acids is 1. The van der Waals surface area contributed by atoms with Crippen LogP contribution in [0.4, 0.5) is 0 Å². The molecule has 0 saturated carbocycles. The van der Waals surface area contributed by atoms with Crippen molar-refractivity contribution in [3.05, 3.63) is 54.2 Å².